The number of carbonyl (C=O) groups excluding carboxylic acids is 3. The first-order valence-corrected chi connectivity index (χ1v) is 11.0. The molecule has 1 atom stereocenters. The first-order valence-electron chi connectivity index (χ1n) is 11.0. The molecule has 0 bridgehead atoms. The Morgan fingerprint density at radius 3 is 2.28 bits per heavy atom. The highest BCUT2D eigenvalue weighted by Crippen LogP contribution is 2.29. The Morgan fingerprint density at radius 2 is 1.59 bits per heavy atom. The second-order valence-electron chi connectivity index (χ2n) is 8.72. The first-order chi connectivity index (χ1) is 14.1. The molecule has 156 valence electrons. The lowest BCUT2D eigenvalue weighted by molar-refractivity contribution is -0.141. The lowest BCUT2D eigenvalue weighted by Crippen LogP contribution is -2.51. The molecule has 1 unspecified atom stereocenters. The van der Waals surface area contributed by atoms with Crippen molar-refractivity contribution < 1.29 is 14.4 Å². The Labute approximate surface area is 172 Å². The zero-order valence-electron chi connectivity index (χ0n) is 17.0. The molecule has 1 saturated carbocycles. The molecule has 6 heteroatoms. The molecule has 3 aliphatic rings. The maximum absolute atomic E-state index is 13.0. The molecule has 4 rings (SSSR count). The average molecular weight is 398 g/mol. The Balaban J connectivity index is 1.25. The Kier molecular flexibility index (Phi) is 6.16. The van der Waals surface area contributed by atoms with Gasteiger partial charge >= 0.3 is 0 Å². The lowest BCUT2D eigenvalue weighted by Gasteiger charge is -2.38. The molecule has 29 heavy (non-hydrogen) atoms. The summed E-state index contributed by atoms with van der Waals surface area (Å²) in [6, 6.07) is 9.98. The third-order valence-electron chi connectivity index (χ3n) is 6.42. The second kappa shape index (κ2) is 8.97. The van der Waals surface area contributed by atoms with Gasteiger partial charge in [-0.25, -0.2) is 0 Å². The minimum absolute atomic E-state index is 0.0962. The van der Waals surface area contributed by atoms with Crippen LogP contribution >= 0.6 is 0 Å². The third kappa shape index (κ3) is 5.17. The number of rotatable bonds is 5. The van der Waals surface area contributed by atoms with Crippen molar-refractivity contribution in [2.75, 3.05) is 26.2 Å². The minimum Gasteiger partial charge on any atom is -0.353 e. The van der Waals surface area contributed by atoms with Crippen molar-refractivity contribution in [3.8, 4) is 0 Å². The first kappa shape index (κ1) is 19.9. The number of carbonyl (C=O) groups is 3. The van der Waals surface area contributed by atoms with Crippen molar-refractivity contribution in [3.05, 3.63) is 35.9 Å². The number of piperidine rings is 2. The average Bonchev–Trinajstić information content (AvgIpc) is 3.60. The summed E-state index contributed by atoms with van der Waals surface area (Å²) in [7, 11) is 0. The summed E-state index contributed by atoms with van der Waals surface area (Å²) in [6.45, 7) is 2.67. The second-order valence-corrected chi connectivity index (χ2v) is 8.72. The highest BCUT2D eigenvalue weighted by atomic mass is 16.2. The fourth-order valence-electron chi connectivity index (χ4n) is 4.45. The van der Waals surface area contributed by atoms with Crippen molar-refractivity contribution in [1.82, 2.24) is 15.1 Å². The van der Waals surface area contributed by atoms with Gasteiger partial charge in [-0.2, -0.15) is 0 Å². The highest BCUT2D eigenvalue weighted by molar-refractivity contribution is 5.83. The number of nitrogens with one attached hydrogen (secondary N) is 1. The lowest BCUT2D eigenvalue weighted by atomic mass is 9.94. The molecular weight excluding hydrogens is 366 g/mol. The zero-order chi connectivity index (χ0) is 20.2. The smallest absolute Gasteiger partial charge is 0.227 e. The van der Waals surface area contributed by atoms with E-state index in [1.54, 1.807) is 0 Å². The SMILES string of the molecule is O=C(NC1CCN(C(=O)C2CCCN(C(=O)Cc3ccccc3)C2)CC1)C1CC1. The van der Waals surface area contributed by atoms with Gasteiger partial charge in [-0.3, -0.25) is 14.4 Å². The molecule has 1 aliphatic carbocycles. The van der Waals surface area contributed by atoms with Crippen LogP contribution in [-0.2, 0) is 20.8 Å². The maximum atomic E-state index is 13.0. The van der Waals surface area contributed by atoms with Crippen LogP contribution < -0.4 is 5.32 Å². The molecule has 1 aromatic rings. The van der Waals surface area contributed by atoms with E-state index in [0.29, 0.717) is 26.1 Å². The quantitative estimate of drug-likeness (QED) is 0.826. The van der Waals surface area contributed by atoms with E-state index in [4.69, 9.17) is 0 Å². The predicted octanol–water partition coefficient (Wildman–Crippen LogP) is 1.98. The van der Waals surface area contributed by atoms with E-state index >= 15 is 0 Å². The van der Waals surface area contributed by atoms with Crippen molar-refractivity contribution in [2.24, 2.45) is 11.8 Å². The molecule has 6 nitrogen and oxygen atoms in total. The summed E-state index contributed by atoms with van der Waals surface area (Å²) in [5.74, 6) is 0.608. The minimum atomic E-state index is -0.0962. The van der Waals surface area contributed by atoms with Gasteiger partial charge in [0.15, 0.2) is 0 Å². The van der Waals surface area contributed by atoms with Gasteiger partial charge < -0.3 is 15.1 Å². The molecular formula is C23H31N3O3. The van der Waals surface area contributed by atoms with Crippen molar-refractivity contribution in [1.29, 1.82) is 0 Å². The number of benzene rings is 1. The summed E-state index contributed by atoms with van der Waals surface area (Å²) in [6.07, 6.45) is 5.82. The third-order valence-corrected chi connectivity index (χ3v) is 6.42. The molecule has 1 N–H and O–H groups in total. The highest BCUT2D eigenvalue weighted by Gasteiger charge is 2.35. The van der Waals surface area contributed by atoms with Crippen LogP contribution in [0.4, 0.5) is 0 Å². The van der Waals surface area contributed by atoms with Crippen molar-refractivity contribution in [2.45, 2.75) is 51.0 Å². The molecule has 3 amide bonds. The summed E-state index contributed by atoms with van der Waals surface area (Å²) in [5, 5.41) is 3.14. The van der Waals surface area contributed by atoms with Crippen LogP contribution in [0.5, 0.6) is 0 Å². The summed E-state index contributed by atoms with van der Waals surface area (Å²) < 4.78 is 0. The normalized spacial score (nSPS) is 23.0. The Bertz CT molecular complexity index is 739. The number of hydrogen-bond donors (Lipinski definition) is 1. The zero-order valence-corrected chi connectivity index (χ0v) is 17.0. The van der Waals surface area contributed by atoms with Crippen molar-refractivity contribution >= 4 is 17.7 Å². The van der Waals surface area contributed by atoms with Gasteiger partial charge in [-0.15, -0.1) is 0 Å². The topological polar surface area (TPSA) is 69.7 Å². The van der Waals surface area contributed by atoms with Crippen LogP contribution in [0.25, 0.3) is 0 Å². The summed E-state index contributed by atoms with van der Waals surface area (Å²) in [4.78, 5) is 41.4. The van der Waals surface area contributed by atoms with E-state index in [0.717, 1.165) is 50.6 Å². The van der Waals surface area contributed by atoms with Gasteiger partial charge in [-0.05, 0) is 44.1 Å². The summed E-state index contributed by atoms with van der Waals surface area (Å²) in [5.41, 5.74) is 1.02. The molecule has 2 heterocycles. The van der Waals surface area contributed by atoms with Gasteiger partial charge in [0.05, 0.1) is 12.3 Å². The standard InChI is InChI=1S/C23H31N3O3/c27-21(15-17-5-2-1-3-6-17)26-12-4-7-19(16-26)23(29)25-13-10-20(11-14-25)24-22(28)18-8-9-18/h1-3,5-6,18-20H,4,7-16H2,(H,24,28). The fourth-order valence-corrected chi connectivity index (χ4v) is 4.45. The van der Waals surface area contributed by atoms with Crippen LogP contribution in [0.3, 0.4) is 0 Å². The monoisotopic (exact) mass is 397 g/mol. The van der Waals surface area contributed by atoms with E-state index in [1.165, 1.54) is 0 Å². The largest absolute Gasteiger partial charge is 0.353 e. The molecule has 0 radical (unpaired) electrons. The van der Waals surface area contributed by atoms with Gasteiger partial charge in [0.25, 0.3) is 0 Å². The molecule has 2 aliphatic heterocycles. The maximum Gasteiger partial charge on any atom is 0.227 e. The van der Waals surface area contributed by atoms with Crippen LogP contribution in [0, 0.1) is 11.8 Å². The number of nitrogens with zero attached hydrogens (tertiary/aromatic N) is 2. The summed E-state index contributed by atoms with van der Waals surface area (Å²) >= 11 is 0. The Hall–Kier alpha value is -2.37. The van der Waals surface area contributed by atoms with Crippen molar-refractivity contribution in [3.63, 3.8) is 0 Å². The van der Waals surface area contributed by atoms with Gasteiger partial charge in [0.2, 0.25) is 17.7 Å². The van der Waals surface area contributed by atoms with Gasteiger partial charge in [-0.1, -0.05) is 30.3 Å². The van der Waals surface area contributed by atoms with Crippen LogP contribution in [0.2, 0.25) is 0 Å². The molecule has 3 fully saturated rings. The number of likely N-dealkylation sites (tertiary alicyclic amines) is 2. The van der Waals surface area contributed by atoms with Gasteiger partial charge in [0.1, 0.15) is 0 Å². The molecule has 2 saturated heterocycles. The van der Waals surface area contributed by atoms with Crippen LogP contribution in [0.1, 0.15) is 44.1 Å². The van der Waals surface area contributed by atoms with E-state index in [9.17, 15) is 14.4 Å². The molecule has 0 aromatic heterocycles. The van der Waals surface area contributed by atoms with E-state index in [1.807, 2.05) is 40.1 Å². The van der Waals surface area contributed by atoms with E-state index in [2.05, 4.69) is 5.32 Å². The Morgan fingerprint density at radius 1 is 0.862 bits per heavy atom. The van der Waals surface area contributed by atoms with Crippen LogP contribution in [0.15, 0.2) is 30.3 Å². The van der Waals surface area contributed by atoms with E-state index in [-0.39, 0.29) is 35.6 Å². The number of hydrogen-bond acceptors (Lipinski definition) is 3. The molecule has 1 aromatic carbocycles. The number of amides is 3. The van der Waals surface area contributed by atoms with E-state index < -0.39 is 0 Å². The predicted molar refractivity (Wildman–Crippen MR) is 110 cm³/mol. The fraction of sp³-hybridized carbons (Fsp3) is 0.609. The molecule has 0 spiro atoms. The van der Waals surface area contributed by atoms with Gasteiger partial charge in [0, 0.05) is 38.1 Å². The van der Waals surface area contributed by atoms with Crippen LogP contribution in [-0.4, -0.2) is 59.7 Å².